The lowest BCUT2D eigenvalue weighted by Crippen LogP contribution is -2.48. The summed E-state index contributed by atoms with van der Waals surface area (Å²) in [5, 5.41) is 0. The molecule has 0 bridgehead atoms. The number of amidine groups is 1. The standard InChI is InChI=1S/C15H24N2O2/c1-9(2)13-16-10(3)12(15(4,5)6)11-7-8-19-14(18)17(11)13/h9-10H,7-8H2,1-6H3/t10-/m0/s1. The molecule has 0 N–H and O–H groups in total. The first kappa shape index (κ1) is 14.1. The zero-order chi connectivity index (χ0) is 14.4. The first-order valence-electron chi connectivity index (χ1n) is 7.01. The zero-order valence-corrected chi connectivity index (χ0v) is 12.8. The number of cyclic esters (lactones) is 1. The fraction of sp³-hybridized carbons (Fsp3) is 0.733. The van der Waals surface area contributed by atoms with Crippen LogP contribution in [0.3, 0.4) is 0 Å². The van der Waals surface area contributed by atoms with Gasteiger partial charge in [0.15, 0.2) is 0 Å². The van der Waals surface area contributed by atoms with E-state index >= 15 is 0 Å². The van der Waals surface area contributed by atoms with Gasteiger partial charge in [-0.3, -0.25) is 4.99 Å². The lowest BCUT2D eigenvalue weighted by atomic mass is 9.79. The Morgan fingerprint density at radius 3 is 2.53 bits per heavy atom. The van der Waals surface area contributed by atoms with Gasteiger partial charge in [-0.25, -0.2) is 9.69 Å². The molecule has 4 heteroatoms. The van der Waals surface area contributed by atoms with Crippen LogP contribution in [0.25, 0.3) is 0 Å². The summed E-state index contributed by atoms with van der Waals surface area (Å²) < 4.78 is 5.20. The number of carbonyl (C=O) groups is 1. The van der Waals surface area contributed by atoms with Gasteiger partial charge in [0, 0.05) is 18.0 Å². The summed E-state index contributed by atoms with van der Waals surface area (Å²) in [6.07, 6.45) is 0.511. The van der Waals surface area contributed by atoms with Gasteiger partial charge in [0.25, 0.3) is 0 Å². The molecule has 0 aromatic carbocycles. The highest BCUT2D eigenvalue weighted by Gasteiger charge is 2.40. The molecule has 1 fully saturated rings. The zero-order valence-electron chi connectivity index (χ0n) is 12.8. The van der Waals surface area contributed by atoms with E-state index in [-0.39, 0.29) is 23.5 Å². The van der Waals surface area contributed by atoms with Crippen molar-refractivity contribution in [1.82, 2.24) is 4.90 Å². The quantitative estimate of drug-likeness (QED) is 0.726. The number of carbonyl (C=O) groups excluding carboxylic acids is 1. The van der Waals surface area contributed by atoms with E-state index < -0.39 is 0 Å². The van der Waals surface area contributed by atoms with Crippen molar-refractivity contribution in [2.75, 3.05) is 6.61 Å². The van der Waals surface area contributed by atoms with Gasteiger partial charge in [-0.2, -0.15) is 0 Å². The van der Waals surface area contributed by atoms with Gasteiger partial charge >= 0.3 is 6.09 Å². The average Bonchev–Trinajstić information content (AvgIpc) is 2.25. The summed E-state index contributed by atoms with van der Waals surface area (Å²) >= 11 is 0. The Kier molecular flexibility index (Phi) is 3.45. The lowest BCUT2D eigenvalue weighted by molar-refractivity contribution is 0.107. The van der Waals surface area contributed by atoms with Gasteiger partial charge in [-0.15, -0.1) is 0 Å². The second kappa shape index (κ2) is 4.66. The number of aliphatic imine (C=N–C) groups is 1. The minimum absolute atomic E-state index is 0.0105. The van der Waals surface area contributed by atoms with Crippen LogP contribution < -0.4 is 0 Å². The molecule has 4 nitrogen and oxygen atoms in total. The van der Waals surface area contributed by atoms with Gasteiger partial charge in [-0.05, 0) is 17.9 Å². The number of amides is 1. The molecule has 2 aliphatic rings. The smallest absolute Gasteiger partial charge is 0.419 e. The molecule has 0 spiro atoms. The predicted octanol–water partition coefficient (Wildman–Crippen LogP) is 3.59. The molecule has 1 saturated heterocycles. The number of rotatable bonds is 1. The SMILES string of the molecule is CC(C)C1=N[C@@H](C)C(C(C)(C)C)=C2CCOC(=O)N12. The van der Waals surface area contributed by atoms with Crippen molar-refractivity contribution in [2.45, 2.75) is 54.0 Å². The molecule has 2 rings (SSSR count). The van der Waals surface area contributed by atoms with Crippen molar-refractivity contribution in [3.05, 3.63) is 11.3 Å². The van der Waals surface area contributed by atoms with Crippen LogP contribution in [0, 0.1) is 11.3 Å². The second-order valence-electron chi connectivity index (χ2n) is 6.63. The largest absolute Gasteiger partial charge is 0.448 e. The van der Waals surface area contributed by atoms with E-state index in [4.69, 9.17) is 9.73 Å². The maximum atomic E-state index is 12.1. The van der Waals surface area contributed by atoms with Gasteiger partial charge in [0.05, 0.1) is 12.6 Å². The first-order chi connectivity index (χ1) is 8.73. The van der Waals surface area contributed by atoms with E-state index in [9.17, 15) is 4.79 Å². The summed E-state index contributed by atoms with van der Waals surface area (Å²) in [6.45, 7) is 13.3. The fourth-order valence-corrected chi connectivity index (χ4v) is 3.04. The van der Waals surface area contributed by atoms with Gasteiger partial charge < -0.3 is 4.74 Å². The van der Waals surface area contributed by atoms with Crippen molar-refractivity contribution in [3.8, 4) is 0 Å². The van der Waals surface area contributed by atoms with E-state index in [0.29, 0.717) is 6.61 Å². The third kappa shape index (κ3) is 2.40. The summed E-state index contributed by atoms with van der Waals surface area (Å²) in [5.41, 5.74) is 2.37. The molecular weight excluding hydrogens is 240 g/mol. The Labute approximate surface area is 115 Å². The van der Waals surface area contributed by atoms with Crippen LogP contribution >= 0.6 is 0 Å². The monoisotopic (exact) mass is 264 g/mol. The van der Waals surface area contributed by atoms with Crippen LogP contribution in [-0.2, 0) is 4.74 Å². The Morgan fingerprint density at radius 2 is 2.00 bits per heavy atom. The lowest BCUT2D eigenvalue weighted by Gasteiger charge is -2.41. The molecule has 0 radical (unpaired) electrons. The highest BCUT2D eigenvalue weighted by Crippen LogP contribution is 2.39. The van der Waals surface area contributed by atoms with Crippen molar-refractivity contribution in [1.29, 1.82) is 0 Å². The maximum Gasteiger partial charge on any atom is 0.419 e. The van der Waals surface area contributed by atoms with E-state index in [1.807, 2.05) is 0 Å². The van der Waals surface area contributed by atoms with Gasteiger partial charge in [-0.1, -0.05) is 34.6 Å². The highest BCUT2D eigenvalue weighted by atomic mass is 16.6. The van der Waals surface area contributed by atoms with E-state index in [2.05, 4.69) is 41.5 Å². The molecule has 0 aliphatic carbocycles. The molecule has 106 valence electrons. The Hall–Kier alpha value is -1.32. The molecule has 19 heavy (non-hydrogen) atoms. The molecule has 0 saturated carbocycles. The number of hydrogen-bond donors (Lipinski definition) is 0. The van der Waals surface area contributed by atoms with Crippen LogP contribution in [0.5, 0.6) is 0 Å². The number of ether oxygens (including phenoxy) is 1. The summed E-state index contributed by atoms with van der Waals surface area (Å²) in [4.78, 5) is 18.6. The van der Waals surface area contributed by atoms with Crippen LogP contribution in [0.4, 0.5) is 4.79 Å². The molecular formula is C15H24N2O2. The Balaban J connectivity index is 2.56. The number of fused-ring (bicyclic) bond motifs is 1. The average molecular weight is 264 g/mol. The summed E-state index contributed by atoms with van der Waals surface area (Å²) in [5.74, 6) is 1.05. The summed E-state index contributed by atoms with van der Waals surface area (Å²) in [7, 11) is 0. The van der Waals surface area contributed by atoms with Crippen molar-refractivity contribution in [2.24, 2.45) is 16.3 Å². The molecule has 0 aromatic rings. The van der Waals surface area contributed by atoms with Crippen LogP contribution in [0.1, 0.15) is 48.0 Å². The molecule has 2 aliphatic heterocycles. The summed E-state index contributed by atoms with van der Waals surface area (Å²) in [6, 6.07) is 0.134. The van der Waals surface area contributed by atoms with E-state index in [0.717, 1.165) is 18.0 Å². The van der Waals surface area contributed by atoms with Gasteiger partial charge in [0.2, 0.25) is 0 Å². The maximum absolute atomic E-state index is 12.1. The van der Waals surface area contributed by atoms with Crippen LogP contribution in [0.2, 0.25) is 0 Å². The Morgan fingerprint density at radius 1 is 1.37 bits per heavy atom. The minimum Gasteiger partial charge on any atom is -0.448 e. The number of hydrogen-bond acceptors (Lipinski definition) is 3. The van der Waals surface area contributed by atoms with Crippen molar-refractivity contribution >= 4 is 11.9 Å². The highest BCUT2D eigenvalue weighted by molar-refractivity contribution is 6.00. The topological polar surface area (TPSA) is 41.9 Å². The van der Waals surface area contributed by atoms with E-state index in [1.54, 1.807) is 4.90 Å². The van der Waals surface area contributed by atoms with Crippen molar-refractivity contribution < 1.29 is 9.53 Å². The predicted molar refractivity (Wildman–Crippen MR) is 76.0 cm³/mol. The van der Waals surface area contributed by atoms with Gasteiger partial charge in [0.1, 0.15) is 5.84 Å². The van der Waals surface area contributed by atoms with E-state index in [1.165, 1.54) is 5.57 Å². The number of nitrogens with zero attached hydrogens (tertiary/aromatic N) is 2. The van der Waals surface area contributed by atoms with Crippen LogP contribution in [-0.4, -0.2) is 29.5 Å². The molecule has 2 heterocycles. The normalized spacial score (nSPS) is 24.4. The minimum atomic E-state index is -0.276. The van der Waals surface area contributed by atoms with Crippen LogP contribution in [0.15, 0.2) is 16.3 Å². The third-order valence-electron chi connectivity index (χ3n) is 3.63. The fourth-order valence-electron chi connectivity index (χ4n) is 3.04. The van der Waals surface area contributed by atoms with Crippen molar-refractivity contribution in [3.63, 3.8) is 0 Å². The molecule has 0 aromatic heterocycles. The third-order valence-corrected chi connectivity index (χ3v) is 3.63. The second-order valence-corrected chi connectivity index (χ2v) is 6.63. The molecule has 0 unspecified atom stereocenters. The Bertz CT molecular complexity index is 455. The molecule has 1 atom stereocenters. The first-order valence-corrected chi connectivity index (χ1v) is 7.01. The molecule has 1 amide bonds.